The number of Topliss-reactive ketones (excluding diaryl/α,β-unsaturated/α-hetero) is 1. The van der Waals surface area contributed by atoms with Crippen molar-refractivity contribution in [1.29, 1.82) is 0 Å². The van der Waals surface area contributed by atoms with E-state index in [0.29, 0.717) is 17.7 Å². The van der Waals surface area contributed by atoms with Gasteiger partial charge in [-0.3, -0.25) is 14.4 Å². The van der Waals surface area contributed by atoms with Crippen LogP contribution in [-0.4, -0.2) is 30.9 Å². The average Bonchev–Trinajstić information content (AvgIpc) is 3.54. The van der Waals surface area contributed by atoms with Crippen molar-refractivity contribution in [2.24, 2.45) is 5.73 Å². The zero-order valence-electron chi connectivity index (χ0n) is 19.4. The summed E-state index contributed by atoms with van der Waals surface area (Å²) in [6.45, 7) is 2.03. The quantitative estimate of drug-likeness (QED) is 0.507. The molecule has 7 nitrogen and oxygen atoms in total. The Morgan fingerprint density at radius 1 is 0.971 bits per heavy atom. The van der Waals surface area contributed by atoms with E-state index in [-0.39, 0.29) is 29.3 Å². The number of carbonyl (C=O) groups excluding carboxylic acids is 3. The van der Waals surface area contributed by atoms with Gasteiger partial charge in [0.1, 0.15) is 5.78 Å². The predicted molar refractivity (Wildman–Crippen MR) is 137 cm³/mol. The van der Waals surface area contributed by atoms with Crippen LogP contribution in [0.5, 0.6) is 11.5 Å². The predicted octanol–water partition coefficient (Wildman–Crippen LogP) is 4.19. The molecule has 1 aliphatic heterocycles. The van der Waals surface area contributed by atoms with Gasteiger partial charge in [0.15, 0.2) is 11.5 Å². The molecular weight excluding hydrogens is 444 g/mol. The molecule has 3 aromatic rings. The Balaban J connectivity index is 0.00000169. The van der Waals surface area contributed by atoms with Crippen molar-refractivity contribution >= 4 is 17.6 Å². The normalized spacial score (nSPS) is 14.9. The average molecular weight is 477 g/mol. The summed E-state index contributed by atoms with van der Waals surface area (Å²) in [6, 6.07) is 19.0. The second-order valence-corrected chi connectivity index (χ2v) is 9.13. The molecule has 1 fully saturated rings. The van der Waals surface area contributed by atoms with Crippen molar-refractivity contribution in [2.75, 3.05) is 13.3 Å². The van der Waals surface area contributed by atoms with Crippen LogP contribution in [0.15, 0.2) is 60.7 Å². The Bertz CT molecular complexity index is 1340. The number of nitrogens with one attached hydrogen (secondary N) is 1. The summed E-state index contributed by atoms with van der Waals surface area (Å²) in [5, 5.41) is 2.48. The Morgan fingerprint density at radius 2 is 1.71 bits per heavy atom. The number of primary amides is 1. The molecular formula is C28H32N2O5. The molecule has 0 radical (unpaired) electrons. The molecule has 0 atom stereocenters. The van der Waals surface area contributed by atoms with Crippen LogP contribution in [0, 0.1) is 6.92 Å². The fourth-order valence-electron chi connectivity index (χ4n) is 4.56. The van der Waals surface area contributed by atoms with Crippen LogP contribution in [0.2, 0.25) is 0 Å². The lowest BCUT2D eigenvalue weighted by molar-refractivity contribution is -0.121. The number of ketones is 1. The van der Waals surface area contributed by atoms with Crippen LogP contribution >= 0.6 is 0 Å². The monoisotopic (exact) mass is 476 g/mol. The van der Waals surface area contributed by atoms with Crippen molar-refractivity contribution in [3.05, 3.63) is 82.9 Å². The fraction of sp³-hybridized carbons (Fsp3) is 0.250. The molecule has 5 rings (SSSR count). The van der Waals surface area contributed by atoms with Gasteiger partial charge in [-0.1, -0.05) is 36.4 Å². The van der Waals surface area contributed by atoms with Crippen LogP contribution in [0.25, 0.3) is 11.1 Å². The Hall–Kier alpha value is -4.13. The van der Waals surface area contributed by atoms with E-state index in [9.17, 15) is 14.4 Å². The van der Waals surface area contributed by atoms with Crippen molar-refractivity contribution < 1.29 is 28.1 Å². The largest absolute Gasteiger partial charge is 0.454 e. The second-order valence-electron chi connectivity index (χ2n) is 9.13. The summed E-state index contributed by atoms with van der Waals surface area (Å²) in [5.74, 6) is 0.670. The maximum Gasteiger partial charge on any atom is 0.251 e. The van der Waals surface area contributed by atoms with E-state index in [1.165, 1.54) is 0 Å². The minimum Gasteiger partial charge on any atom is -0.454 e. The third-order valence-electron chi connectivity index (χ3n) is 6.76. The lowest BCUT2D eigenvalue weighted by Gasteiger charge is -2.16. The molecule has 3 aromatic carbocycles. The molecule has 1 saturated carbocycles. The van der Waals surface area contributed by atoms with E-state index in [1.807, 2.05) is 55.5 Å². The number of hydrogen-bond acceptors (Lipinski definition) is 5. The highest BCUT2D eigenvalue weighted by Crippen LogP contribution is 2.51. The first-order chi connectivity index (χ1) is 16.9. The van der Waals surface area contributed by atoms with E-state index < -0.39 is 11.3 Å². The van der Waals surface area contributed by atoms with E-state index in [1.54, 1.807) is 12.1 Å². The van der Waals surface area contributed by atoms with Crippen LogP contribution in [-0.2, 0) is 21.4 Å². The Labute approximate surface area is 207 Å². The molecule has 0 saturated heterocycles. The molecule has 1 heterocycles. The zero-order chi connectivity index (χ0) is 24.6. The number of benzene rings is 3. The highest BCUT2D eigenvalue weighted by Gasteiger charge is 2.50. The summed E-state index contributed by atoms with van der Waals surface area (Å²) in [5.41, 5.74) is 10.0. The number of fused-ring (bicyclic) bond motifs is 1. The first-order valence-electron chi connectivity index (χ1n) is 11.6. The molecule has 2 aliphatic rings. The molecule has 184 valence electrons. The molecule has 0 unspecified atom stereocenters. The molecule has 2 amide bonds. The Kier molecular flexibility index (Phi) is 5.76. The van der Waals surface area contributed by atoms with E-state index in [2.05, 4.69) is 5.32 Å². The number of carbonyl (C=O) groups is 3. The van der Waals surface area contributed by atoms with Gasteiger partial charge in [-0.05, 0) is 71.8 Å². The zero-order valence-corrected chi connectivity index (χ0v) is 19.4. The molecule has 0 spiro atoms. The molecule has 1 aliphatic carbocycles. The number of hydrogen-bond donors (Lipinski definition) is 2. The topological polar surface area (TPSA) is 108 Å². The van der Waals surface area contributed by atoms with Crippen molar-refractivity contribution in [1.82, 2.24) is 5.32 Å². The van der Waals surface area contributed by atoms with Gasteiger partial charge in [-0.25, -0.2) is 0 Å². The lowest BCUT2D eigenvalue weighted by Crippen LogP contribution is -2.33. The van der Waals surface area contributed by atoms with Crippen LogP contribution in [0.3, 0.4) is 0 Å². The number of rotatable bonds is 8. The van der Waals surface area contributed by atoms with E-state index >= 15 is 0 Å². The van der Waals surface area contributed by atoms with Gasteiger partial charge >= 0.3 is 0 Å². The standard InChI is InChI=1S/C28H26N2O5.3H2/c1-17-2-3-18(12-22(17)19-4-6-20(7-5-19)27(33)30-15-26(29)32)13-25(31)28(10-11-28)21-8-9-23-24(14-21)35-16-34-23;;;/h2-9,12,14H,10-11,13,15-16H2,1H3,(H2,29,32)(H,30,33);3*1H. The SMILES string of the molecule is Cc1ccc(CC(=O)C2(c3ccc4c(c3)OCO4)CC2)cc1-c1ccc(C(=O)NCC(N)=O)cc1.[HH].[HH].[HH]. The number of nitrogens with two attached hydrogens (primary N) is 1. The first-order valence-corrected chi connectivity index (χ1v) is 11.6. The summed E-state index contributed by atoms with van der Waals surface area (Å²) in [4.78, 5) is 36.4. The van der Waals surface area contributed by atoms with Gasteiger partial charge in [0, 0.05) is 16.3 Å². The molecule has 3 N–H and O–H groups in total. The fourth-order valence-corrected chi connectivity index (χ4v) is 4.56. The van der Waals surface area contributed by atoms with Gasteiger partial charge in [0.2, 0.25) is 12.7 Å². The second kappa shape index (κ2) is 8.91. The van der Waals surface area contributed by atoms with Crippen LogP contribution in [0.4, 0.5) is 0 Å². The maximum absolute atomic E-state index is 13.4. The number of amides is 2. The third-order valence-corrected chi connectivity index (χ3v) is 6.76. The van der Waals surface area contributed by atoms with Gasteiger partial charge < -0.3 is 20.5 Å². The summed E-state index contributed by atoms with van der Waals surface area (Å²) >= 11 is 0. The number of aryl methyl sites for hydroxylation is 1. The molecule has 35 heavy (non-hydrogen) atoms. The van der Waals surface area contributed by atoms with E-state index in [4.69, 9.17) is 15.2 Å². The maximum atomic E-state index is 13.4. The lowest BCUT2D eigenvalue weighted by atomic mass is 9.87. The van der Waals surface area contributed by atoms with Gasteiger partial charge in [0.25, 0.3) is 5.91 Å². The van der Waals surface area contributed by atoms with Crippen LogP contribution in [0.1, 0.15) is 44.2 Å². The van der Waals surface area contributed by atoms with Crippen molar-refractivity contribution in [2.45, 2.75) is 31.6 Å². The van der Waals surface area contributed by atoms with Crippen molar-refractivity contribution in [3.63, 3.8) is 0 Å². The van der Waals surface area contributed by atoms with E-state index in [0.717, 1.165) is 46.4 Å². The third kappa shape index (κ3) is 4.49. The van der Waals surface area contributed by atoms with Crippen LogP contribution < -0.4 is 20.5 Å². The molecule has 7 heteroatoms. The highest BCUT2D eigenvalue weighted by atomic mass is 16.7. The molecule has 0 bridgehead atoms. The summed E-state index contributed by atoms with van der Waals surface area (Å²) in [7, 11) is 0. The summed E-state index contributed by atoms with van der Waals surface area (Å²) < 4.78 is 10.9. The van der Waals surface area contributed by atoms with Crippen molar-refractivity contribution in [3.8, 4) is 22.6 Å². The van der Waals surface area contributed by atoms with Gasteiger partial charge in [0.05, 0.1) is 12.0 Å². The first kappa shape index (κ1) is 22.7. The highest BCUT2D eigenvalue weighted by molar-refractivity contribution is 5.97. The molecule has 0 aromatic heterocycles. The van der Waals surface area contributed by atoms with Gasteiger partial charge in [-0.2, -0.15) is 0 Å². The number of ether oxygens (including phenoxy) is 2. The van der Waals surface area contributed by atoms with Gasteiger partial charge in [-0.15, -0.1) is 0 Å². The Morgan fingerprint density at radius 3 is 2.43 bits per heavy atom. The minimum absolute atomic E-state index is 0. The minimum atomic E-state index is -0.594. The summed E-state index contributed by atoms with van der Waals surface area (Å²) in [6.07, 6.45) is 2.02. The smallest absolute Gasteiger partial charge is 0.251 e.